The fourth-order valence-electron chi connectivity index (χ4n) is 0.536. The number of carbonyl (C=O) groups excluding carboxylic acids is 1. The molecule has 0 radical (unpaired) electrons. The molecule has 0 spiro atoms. The van der Waals surface area contributed by atoms with Gasteiger partial charge in [0.1, 0.15) is 5.76 Å². The number of methoxy groups -OCH3 is 1. The van der Waals surface area contributed by atoms with Crippen molar-refractivity contribution in [1.82, 2.24) is 0 Å². The largest absolute Gasteiger partial charge is 0.512 e. The molecule has 0 fully saturated rings. The van der Waals surface area contributed by atoms with E-state index < -0.39 is 5.97 Å². The van der Waals surface area contributed by atoms with Crippen LogP contribution in [0.1, 0.15) is 20.3 Å². The fraction of sp³-hybridized carbons (Fsp3) is 0.571. The number of hydrogen-bond donors (Lipinski definition) is 1. The second-order valence-corrected chi connectivity index (χ2v) is 1.92. The maximum Gasteiger partial charge on any atom is 0.336 e. The van der Waals surface area contributed by atoms with Crippen LogP contribution in [0, 0.1) is 0 Å². The molecule has 3 heteroatoms. The van der Waals surface area contributed by atoms with Gasteiger partial charge >= 0.3 is 5.97 Å². The summed E-state index contributed by atoms with van der Waals surface area (Å²) < 4.78 is 4.38. The smallest absolute Gasteiger partial charge is 0.336 e. The van der Waals surface area contributed by atoms with Crippen LogP contribution in [-0.2, 0) is 9.53 Å². The van der Waals surface area contributed by atoms with Gasteiger partial charge in [0.15, 0.2) is 0 Å². The summed E-state index contributed by atoms with van der Waals surface area (Å²) in [5.41, 5.74) is 0.282. The molecule has 0 aromatic rings. The van der Waals surface area contributed by atoms with Gasteiger partial charge in [-0.15, -0.1) is 0 Å². The molecular weight excluding hydrogens is 132 g/mol. The summed E-state index contributed by atoms with van der Waals surface area (Å²) in [4.78, 5) is 10.7. The van der Waals surface area contributed by atoms with E-state index in [-0.39, 0.29) is 11.3 Å². The van der Waals surface area contributed by atoms with Crippen molar-refractivity contribution in [1.29, 1.82) is 0 Å². The molecule has 0 saturated carbocycles. The minimum Gasteiger partial charge on any atom is -0.512 e. The minimum absolute atomic E-state index is 0.0897. The second-order valence-electron chi connectivity index (χ2n) is 1.92. The zero-order valence-electron chi connectivity index (χ0n) is 6.47. The highest BCUT2D eigenvalue weighted by atomic mass is 16.5. The summed E-state index contributed by atoms with van der Waals surface area (Å²) in [5, 5.41) is 9.01. The molecule has 0 bridgehead atoms. The molecule has 0 aliphatic carbocycles. The van der Waals surface area contributed by atoms with Gasteiger partial charge in [0.05, 0.1) is 12.7 Å². The highest BCUT2D eigenvalue weighted by Crippen LogP contribution is 2.05. The van der Waals surface area contributed by atoms with Crippen molar-refractivity contribution in [2.75, 3.05) is 7.11 Å². The molecule has 0 aromatic carbocycles. The Balaban J connectivity index is 4.30. The summed E-state index contributed by atoms with van der Waals surface area (Å²) in [7, 11) is 1.29. The predicted molar refractivity (Wildman–Crippen MR) is 37.6 cm³/mol. The SMILES string of the molecule is CC/C(O)=C(/C)C(=O)OC. The van der Waals surface area contributed by atoms with Crippen molar-refractivity contribution in [2.45, 2.75) is 20.3 Å². The maximum atomic E-state index is 10.7. The van der Waals surface area contributed by atoms with Crippen molar-refractivity contribution in [3.05, 3.63) is 11.3 Å². The Labute approximate surface area is 60.3 Å². The van der Waals surface area contributed by atoms with E-state index in [1.54, 1.807) is 6.92 Å². The van der Waals surface area contributed by atoms with Crippen molar-refractivity contribution >= 4 is 5.97 Å². The van der Waals surface area contributed by atoms with Crippen LogP contribution in [0.25, 0.3) is 0 Å². The third kappa shape index (κ3) is 2.09. The lowest BCUT2D eigenvalue weighted by atomic mass is 10.2. The monoisotopic (exact) mass is 144 g/mol. The van der Waals surface area contributed by atoms with Crippen LogP contribution >= 0.6 is 0 Å². The number of carbonyl (C=O) groups is 1. The van der Waals surface area contributed by atoms with E-state index in [4.69, 9.17) is 5.11 Å². The van der Waals surface area contributed by atoms with Crippen LogP contribution in [0.15, 0.2) is 11.3 Å². The van der Waals surface area contributed by atoms with E-state index in [2.05, 4.69) is 4.74 Å². The molecule has 0 unspecified atom stereocenters. The molecule has 1 N–H and O–H groups in total. The number of rotatable bonds is 2. The summed E-state index contributed by atoms with van der Waals surface area (Å²) in [5.74, 6) is -0.383. The van der Waals surface area contributed by atoms with Gasteiger partial charge in [-0.05, 0) is 6.92 Å². The van der Waals surface area contributed by atoms with E-state index in [0.717, 1.165) is 0 Å². The number of allylic oxidation sites excluding steroid dienone is 1. The molecule has 10 heavy (non-hydrogen) atoms. The van der Waals surface area contributed by atoms with Crippen LogP contribution in [0.4, 0.5) is 0 Å². The topological polar surface area (TPSA) is 46.5 Å². The number of hydrogen-bond acceptors (Lipinski definition) is 3. The van der Waals surface area contributed by atoms with Gasteiger partial charge in [-0.3, -0.25) is 0 Å². The first-order valence-electron chi connectivity index (χ1n) is 3.10. The lowest BCUT2D eigenvalue weighted by Gasteiger charge is -2.00. The Kier molecular flexibility index (Phi) is 3.54. The average Bonchev–Trinajstić information content (AvgIpc) is 2.00. The molecule has 0 atom stereocenters. The first kappa shape index (κ1) is 9.01. The number of aliphatic hydroxyl groups excluding tert-OH is 1. The van der Waals surface area contributed by atoms with E-state index >= 15 is 0 Å². The van der Waals surface area contributed by atoms with Gasteiger partial charge < -0.3 is 9.84 Å². The number of esters is 1. The molecule has 0 heterocycles. The molecule has 0 saturated heterocycles. The van der Waals surface area contributed by atoms with E-state index in [9.17, 15) is 4.79 Å². The highest BCUT2D eigenvalue weighted by molar-refractivity contribution is 5.88. The molecule has 0 amide bonds. The maximum absolute atomic E-state index is 10.7. The second kappa shape index (κ2) is 3.93. The predicted octanol–water partition coefficient (Wildman–Crippen LogP) is 1.40. The molecule has 0 aliphatic heterocycles. The molecule has 3 nitrogen and oxygen atoms in total. The van der Waals surface area contributed by atoms with Crippen LogP contribution in [0.3, 0.4) is 0 Å². The lowest BCUT2D eigenvalue weighted by Crippen LogP contribution is -2.04. The molecule has 0 rings (SSSR count). The highest BCUT2D eigenvalue weighted by Gasteiger charge is 2.07. The van der Waals surface area contributed by atoms with Gasteiger partial charge in [0.2, 0.25) is 0 Å². The standard InChI is InChI=1S/C7H12O3/c1-4-6(8)5(2)7(9)10-3/h8H,4H2,1-3H3/b6-5+. The van der Waals surface area contributed by atoms with Crippen LogP contribution in [0.2, 0.25) is 0 Å². The first-order chi connectivity index (χ1) is 4.63. The molecular formula is C7H12O3. The summed E-state index contributed by atoms with van der Waals surface area (Å²) in [6.07, 6.45) is 0.459. The van der Waals surface area contributed by atoms with Crippen molar-refractivity contribution in [2.24, 2.45) is 0 Å². The van der Waals surface area contributed by atoms with Crippen molar-refractivity contribution < 1.29 is 14.6 Å². The first-order valence-corrected chi connectivity index (χ1v) is 3.10. The normalized spacial score (nSPS) is 12.3. The summed E-state index contributed by atoms with van der Waals surface area (Å²) in [6.45, 7) is 3.30. The van der Waals surface area contributed by atoms with Crippen LogP contribution < -0.4 is 0 Å². The fourth-order valence-corrected chi connectivity index (χ4v) is 0.536. The van der Waals surface area contributed by atoms with Crippen LogP contribution in [-0.4, -0.2) is 18.2 Å². The molecule has 0 aromatic heterocycles. The Bertz CT molecular complexity index is 158. The van der Waals surface area contributed by atoms with Gasteiger partial charge in [0.25, 0.3) is 0 Å². The lowest BCUT2D eigenvalue weighted by molar-refractivity contribution is -0.136. The van der Waals surface area contributed by atoms with Gasteiger partial charge in [-0.2, -0.15) is 0 Å². The number of aliphatic hydroxyl groups is 1. The Morgan fingerprint density at radius 2 is 2.10 bits per heavy atom. The third-order valence-electron chi connectivity index (χ3n) is 1.26. The number of ether oxygens (including phenoxy) is 1. The van der Waals surface area contributed by atoms with Crippen LogP contribution in [0.5, 0.6) is 0 Å². The van der Waals surface area contributed by atoms with E-state index in [1.807, 2.05) is 0 Å². The molecule has 0 aliphatic rings. The Hall–Kier alpha value is -0.990. The quantitative estimate of drug-likeness (QED) is 0.362. The summed E-state index contributed by atoms with van der Waals surface area (Å²) >= 11 is 0. The average molecular weight is 144 g/mol. The van der Waals surface area contributed by atoms with Crippen molar-refractivity contribution in [3.8, 4) is 0 Å². The van der Waals surface area contributed by atoms with Crippen molar-refractivity contribution in [3.63, 3.8) is 0 Å². The van der Waals surface area contributed by atoms with E-state index in [1.165, 1.54) is 14.0 Å². The zero-order chi connectivity index (χ0) is 8.15. The third-order valence-corrected chi connectivity index (χ3v) is 1.26. The van der Waals surface area contributed by atoms with Gasteiger partial charge in [0, 0.05) is 6.42 Å². The Morgan fingerprint density at radius 1 is 1.60 bits per heavy atom. The van der Waals surface area contributed by atoms with Gasteiger partial charge in [-0.25, -0.2) is 4.79 Å². The minimum atomic E-state index is -0.473. The Morgan fingerprint density at radius 3 is 2.40 bits per heavy atom. The zero-order valence-corrected chi connectivity index (χ0v) is 6.47. The molecule has 58 valence electrons. The summed E-state index contributed by atoms with van der Waals surface area (Å²) in [6, 6.07) is 0. The van der Waals surface area contributed by atoms with Gasteiger partial charge in [-0.1, -0.05) is 6.92 Å². The van der Waals surface area contributed by atoms with E-state index in [0.29, 0.717) is 6.42 Å².